The molecule has 0 heterocycles. The molecule has 0 bridgehead atoms. The van der Waals surface area contributed by atoms with E-state index in [9.17, 15) is 19.2 Å². The monoisotopic (exact) mass is 458 g/mol. The van der Waals surface area contributed by atoms with Crippen LogP contribution >= 0.6 is 11.6 Å². The highest BCUT2D eigenvalue weighted by Gasteiger charge is 2.15. The lowest BCUT2D eigenvalue weighted by atomic mass is 10.2. The van der Waals surface area contributed by atoms with Crippen molar-refractivity contribution in [3.63, 3.8) is 0 Å². The van der Waals surface area contributed by atoms with Crippen LogP contribution in [-0.2, 0) is 19.1 Å². The SMILES string of the molecule is CCOC(=O)c1ccc(NC(=O)C/C(C)=N/NC(=O)C(=O)Nc2cccc(Cl)c2C)cc1. The van der Waals surface area contributed by atoms with Crippen LogP contribution in [0.25, 0.3) is 0 Å². The number of nitrogens with zero attached hydrogens (tertiary/aromatic N) is 1. The van der Waals surface area contributed by atoms with Gasteiger partial charge in [0.25, 0.3) is 0 Å². The van der Waals surface area contributed by atoms with Crippen molar-refractivity contribution in [2.24, 2.45) is 5.10 Å². The van der Waals surface area contributed by atoms with Crippen molar-refractivity contribution >= 4 is 52.4 Å². The zero-order valence-corrected chi connectivity index (χ0v) is 18.6. The number of carbonyl (C=O) groups is 4. The number of esters is 1. The van der Waals surface area contributed by atoms with Gasteiger partial charge in [-0.25, -0.2) is 10.2 Å². The Morgan fingerprint density at radius 1 is 1.00 bits per heavy atom. The fraction of sp³-hybridized carbons (Fsp3) is 0.227. The van der Waals surface area contributed by atoms with E-state index in [0.717, 1.165) is 0 Å². The topological polar surface area (TPSA) is 126 Å². The summed E-state index contributed by atoms with van der Waals surface area (Å²) in [5.41, 5.74) is 4.28. The molecule has 2 rings (SSSR count). The summed E-state index contributed by atoms with van der Waals surface area (Å²) in [6.07, 6.45) is -0.116. The fourth-order valence-electron chi connectivity index (χ4n) is 2.50. The minimum atomic E-state index is -0.987. The molecule has 0 saturated heterocycles. The molecule has 0 unspecified atom stereocenters. The molecule has 168 valence electrons. The van der Waals surface area contributed by atoms with Gasteiger partial charge in [0.1, 0.15) is 0 Å². The Balaban J connectivity index is 1.85. The zero-order chi connectivity index (χ0) is 23.7. The van der Waals surface area contributed by atoms with E-state index < -0.39 is 17.8 Å². The highest BCUT2D eigenvalue weighted by atomic mass is 35.5. The molecule has 0 spiro atoms. The number of ether oxygens (including phenoxy) is 1. The van der Waals surface area contributed by atoms with E-state index >= 15 is 0 Å². The lowest BCUT2D eigenvalue weighted by molar-refractivity contribution is -0.136. The standard InChI is InChI=1S/C22H23ClN4O5/c1-4-32-22(31)15-8-10-16(11-9-15)24-19(28)12-13(2)26-27-21(30)20(29)25-18-7-5-6-17(23)14(18)3/h5-11H,4,12H2,1-3H3,(H,24,28)(H,25,29)(H,27,30)/b26-13+. The summed E-state index contributed by atoms with van der Waals surface area (Å²) in [6, 6.07) is 11.1. The molecule has 3 amide bonds. The van der Waals surface area contributed by atoms with E-state index in [0.29, 0.717) is 27.5 Å². The van der Waals surface area contributed by atoms with Crippen LogP contribution in [0.3, 0.4) is 0 Å². The van der Waals surface area contributed by atoms with Gasteiger partial charge in [-0.3, -0.25) is 14.4 Å². The number of hydrogen-bond acceptors (Lipinski definition) is 6. The number of nitrogens with one attached hydrogen (secondary N) is 3. The second-order valence-electron chi connectivity index (χ2n) is 6.68. The number of benzene rings is 2. The minimum absolute atomic E-state index is 0.116. The summed E-state index contributed by atoms with van der Waals surface area (Å²) in [6.45, 7) is 5.23. The highest BCUT2D eigenvalue weighted by molar-refractivity contribution is 6.40. The zero-order valence-electron chi connectivity index (χ0n) is 17.8. The molecular weight excluding hydrogens is 436 g/mol. The number of rotatable bonds is 7. The molecule has 0 atom stereocenters. The van der Waals surface area contributed by atoms with Crippen LogP contribution in [0, 0.1) is 6.92 Å². The Bertz CT molecular complexity index is 1050. The molecule has 0 aliphatic heterocycles. The Labute approximate surface area is 190 Å². The first-order valence-electron chi connectivity index (χ1n) is 9.68. The summed E-state index contributed by atoms with van der Waals surface area (Å²) < 4.78 is 4.90. The van der Waals surface area contributed by atoms with Gasteiger partial charge in [0.2, 0.25) is 5.91 Å². The fourth-order valence-corrected chi connectivity index (χ4v) is 2.67. The largest absolute Gasteiger partial charge is 0.462 e. The van der Waals surface area contributed by atoms with Crippen molar-refractivity contribution in [2.45, 2.75) is 27.2 Å². The number of hydrogen-bond donors (Lipinski definition) is 3. The molecule has 2 aromatic rings. The van der Waals surface area contributed by atoms with Crippen LogP contribution in [0.4, 0.5) is 11.4 Å². The van der Waals surface area contributed by atoms with Crippen LogP contribution in [0.5, 0.6) is 0 Å². The third kappa shape index (κ3) is 7.21. The van der Waals surface area contributed by atoms with Gasteiger partial charge in [-0.15, -0.1) is 0 Å². The maximum Gasteiger partial charge on any atom is 0.338 e. The molecule has 10 heteroatoms. The van der Waals surface area contributed by atoms with Gasteiger partial charge in [0, 0.05) is 22.1 Å². The number of carbonyl (C=O) groups excluding carboxylic acids is 4. The van der Waals surface area contributed by atoms with Gasteiger partial charge in [-0.05, 0) is 62.7 Å². The van der Waals surface area contributed by atoms with Gasteiger partial charge in [0.15, 0.2) is 0 Å². The predicted octanol–water partition coefficient (Wildman–Crippen LogP) is 3.28. The molecule has 0 fully saturated rings. The summed E-state index contributed by atoms with van der Waals surface area (Å²) in [5, 5.41) is 9.33. The van der Waals surface area contributed by atoms with E-state index in [1.807, 2.05) is 0 Å². The van der Waals surface area contributed by atoms with Crippen molar-refractivity contribution in [1.82, 2.24) is 5.43 Å². The second kappa shape index (κ2) is 11.6. The van der Waals surface area contributed by atoms with Gasteiger partial charge in [-0.1, -0.05) is 17.7 Å². The van der Waals surface area contributed by atoms with Crippen LogP contribution in [0.15, 0.2) is 47.6 Å². The predicted molar refractivity (Wildman–Crippen MR) is 122 cm³/mol. The summed E-state index contributed by atoms with van der Waals surface area (Å²) >= 11 is 5.99. The minimum Gasteiger partial charge on any atom is -0.462 e. The molecule has 3 N–H and O–H groups in total. The number of amides is 3. The van der Waals surface area contributed by atoms with E-state index in [4.69, 9.17) is 16.3 Å². The lowest BCUT2D eigenvalue weighted by Gasteiger charge is -2.09. The van der Waals surface area contributed by atoms with Gasteiger partial charge in [0.05, 0.1) is 18.6 Å². The number of halogens is 1. The number of anilines is 2. The van der Waals surface area contributed by atoms with Crippen LogP contribution in [0.2, 0.25) is 5.02 Å². The molecule has 0 aliphatic rings. The van der Waals surface area contributed by atoms with Crippen LogP contribution in [0.1, 0.15) is 36.2 Å². The Kier molecular flexibility index (Phi) is 8.91. The molecular formula is C22H23ClN4O5. The third-order valence-corrected chi connectivity index (χ3v) is 4.58. The lowest BCUT2D eigenvalue weighted by Crippen LogP contribution is -2.33. The van der Waals surface area contributed by atoms with Gasteiger partial charge >= 0.3 is 17.8 Å². The summed E-state index contributed by atoms with van der Waals surface area (Å²) in [5.74, 6) is -2.74. The van der Waals surface area contributed by atoms with Crippen molar-refractivity contribution in [1.29, 1.82) is 0 Å². The quantitative estimate of drug-likeness (QED) is 0.254. The average Bonchev–Trinajstić information content (AvgIpc) is 2.75. The first-order chi connectivity index (χ1) is 15.2. The van der Waals surface area contributed by atoms with Crippen molar-refractivity contribution in [3.8, 4) is 0 Å². The smallest absolute Gasteiger partial charge is 0.338 e. The van der Waals surface area contributed by atoms with Crippen molar-refractivity contribution < 1.29 is 23.9 Å². The van der Waals surface area contributed by atoms with Gasteiger partial charge in [-0.2, -0.15) is 5.10 Å². The van der Waals surface area contributed by atoms with Gasteiger partial charge < -0.3 is 15.4 Å². The van der Waals surface area contributed by atoms with E-state index in [1.165, 1.54) is 19.1 Å². The highest BCUT2D eigenvalue weighted by Crippen LogP contribution is 2.22. The van der Waals surface area contributed by atoms with E-state index in [1.54, 1.807) is 44.2 Å². The normalized spacial score (nSPS) is 10.8. The Morgan fingerprint density at radius 2 is 1.69 bits per heavy atom. The van der Waals surface area contributed by atoms with E-state index in [2.05, 4.69) is 21.2 Å². The van der Waals surface area contributed by atoms with Crippen molar-refractivity contribution in [3.05, 3.63) is 58.6 Å². The number of hydrazone groups is 1. The molecule has 0 radical (unpaired) electrons. The van der Waals surface area contributed by atoms with Crippen LogP contribution in [-0.4, -0.2) is 36.0 Å². The van der Waals surface area contributed by atoms with Crippen molar-refractivity contribution in [2.75, 3.05) is 17.2 Å². The summed E-state index contributed by atoms with van der Waals surface area (Å²) in [4.78, 5) is 47.8. The first-order valence-corrected chi connectivity index (χ1v) is 10.1. The second-order valence-corrected chi connectivity index (χ2v) is 7.08. The van der Waals surface area contributed by atoms with E-state index in [-0.39, 0.29) is 24.6 Å². The Morgan fingerprint density at radius 3 is 2.34 bits per heavy atom. The maximum atomic E-state index is 12.1. The molecule has 9 nitrogen and oxygen atoms in total. The molecule has 32 heavy (non-hydrogen) atoms. The molecule has 0 aromatic heterocycles. The third-order valence-electron chi connectivity index (χ3n) is 4.17. The maximum absolute atomic E-state index is 12.1. The Hall–Kier alpha value is -3.72. The first kappa shape index (κ1) is 24.5. The molecule has 0 aliphatic carbocycles. The summed E-state index contributed by atoms with van der Waals surface area (Å²) in [7, 11) is 0. The average molecular weight is 459 g/mol. The molecule has 0 saturated carbocycles. The van der Waals surface area contributed by atoms with Crippen LogP contribution < -0.4 is 16.1 Å². The molecule has 2 aromatic carbocycles.